The summed E-state index contributed by atoms with van der Waals surface area (Å²) in [5.41, 5.74) is 0.768. The van der Waals surface area contributed by atoms with E-state index in [0.717, 1.165) is 24.8 Å². The number of esters is 1. The number of unbranched alkanes of at least 4 members (excludes halogenated alkanes) is 1. The van der Waals surface area contributed by atoms with Crippen LogP contribution in [0.5, 0.6) is 0 Å². The summed E-state index contributed by atoms with van der Waals surface area (Å²) in [6.45, 7) is 2.70. The van der Waals surface area contributed by atoms with Crippen molar-refractivity contribution in [3.05, 3.63) is 35.9 Å². The van der Waals surface area contributed by atoms with Crippen molar-refractivity contribution < 1.29 is 14.3 Å². The molecule has 1 aromatic carbocycles. The second-order valence-electron chi connectivity index (χ2n) is 6.10. The highest BCUT2D eigenvalue weighted by Crippen LogP contribution is 2.43. The minimum Gasteiger partial charge on any atom is -0.452 e. The van der Waals surface area contributed by atoms with Gasteiger partial charge in [0.05, 0.1) is 12.0 Å². The number of nitrogens with zero attached hydrogens (tertiary/aromatic N) is 1. The maximum absolute atomic E-state index is 12.6. The van der Waals surface area contributed by atoms with Crippen LogP contribution in [-0.2, 0) is 20.9 Å². The predicted octanol–water partition coefficient (Wildman–Crippen LogP) is 2.66. The number of benzene rings is 1. The van der Waals surface area contributed by atoms with E-state index in [4.69, 9.17) is 4.74 Å². The average molecular weight is 287 g/mol. The summed E-state index contributed by atoms with van der Waals surface area (Å²) in [6, 6.07) is 9.95. The van der Waals surface area contributed by atoms with Crippen molar-refractivity contribution in [2.75, 3.05) is 0 Å². The lowest BCUT2D eigenvalue weighted by atomic mass is 9.84. The summed E-state index contributed by atoms with van der Waals surface area (Å²) in [7, 11) is 0. The van der Waals surface area contributed by atoms with Crippen molar-refractivity contribution in [3.63, 3.8) is 0 Å². The first-order valence-electron chi connectivity index (χ1n) is 7.69. The number of hydrogen-bond donors (Lipinski definition) is 0. The molecule has 0 aromatic heterocycles. The lowest BCUT2D eigenvalue weighted by Gasteiger charge is -2.38. The van der Waals surface area contributed by atoms with Crippen LogP contribution in [0.25, 0.3) is 0 Å². The number of likely N-dealkylation sites (tertiary alicyclic amines) is 1. The molecular weight excluding hydrogens is 266 g/mol. The fourth-order valence-corrected chi connectivity index (χ4v) is 3.52. The van der Waals surface area contributed by atoms with Gasteiger partial charge in [-0.05, 0) is 12.0 Å². The van der Waals surface area contributed by atoms with E-state index in [1.54, 1.807) is 0 Å². The molecule has 2 atom stereocenters. The third kappa shape index (κ3) is 2.55. The summed E-state index contributed by atoms with van der Waals surface area (Å²) in [5, 5.41) is 0. The van der Waals surface area contributed by atoms with Crippen LogP contribution in [0.3, 0.4) is 0 Å². The number of amides is 1. The third-order valence-electron chi connectivity index (χ3n) is 4.61. The molecule has 0 saturated carbocycles. The molecule has 1 aromatic rings. The van der Waals surface area contributed by atoms with Gasteiger partial charge in [-0.3, -0.25) is 9.59 Å². The van der Waals surface area contributed by atoms with Crippen molar-refractivity contribution in [3.8, 4) is 0 Å². The van der Waals surface area contributed by atoms with Gasteiger partial charge in [-0.15, -0.1) is 0 Å². The number of hydrogen-bond acceptors (Lipinski definition) is 3. The van der Waals surface area contributed by atoms with Crippen molar-refractivity contribution in [2.24, 2.45) is 0 Å². The van der Waals surface area contributed by atoms with Gasteiger partial charge in [-0.2, -0.15) is 0 Å². The van der Waals surface area contributed by atoms with Crippen LogP contribution in [-0.4, -0.2) is 28.4 Å². The topological polar surface area (TPSA) is 46.6 Å². The van der Waals surface area contributed by atoms with Crippen LogP contribution in [0, 0.1) is 0 Å². The van der Waals surface area contributed by atoms with Gasteiger partial charge in [0.2, 0.25) is 0 Å². The number of carbonyl (C=O) groups excluding carboxylic acids is 2. The summed E-state index contributed by atoms with van der Waals surface area (Å²) < 4.78 is 5.23. The lowest BCUT2D eigenvalue weighted by Crippen LogP contribution is -2.46. The number of rotatable bonds is 5. The second kappa shape index (κ2) is 5.51. The van der Waals surface area contributed by atoms with Crippen LogP contribution in [0.4, 0.5) is 0 Å². The number of ether oxygens (including phenoxy) is 1. The number of fused-ring (bicyclic) bond motifs is 2. The molecule has 112 valence electrons. The molecule has 1 amide bonds. The number of carbonyl (C=O) groups is 2. The van der Waals surface area contributed by atoms with Gasteiger partial charge in [0.25, 0.3) is 5.91 Å². The Morgan fingerprint density at radius 3 is 2.76 bits per heavy atom. The normalized spacial score (nSPS) is 27.9. The lowest BCUT2D eigenvalue weighted by molar-refractivity contribution is -0.157. The molecule has 0 radical (unpaired) electrons. The maximum Gasteiger partial charge on any atom is 0.308 e. The molecule has 4 heteroatoms. The van der Waals surface area contributed by atoms with E-state index in [1.165, 1.54) is 0 Å². The van der Waals surface area contributed by atoms with E-state index >= 15 is 0 Å². The summed E-state index contributed by atoms with van der Waals surface area (Å²) in [5.74, 6) is -0.257. The van der Waals surface area contributed by atoms with E-state index < -0.39 is 6.10 Å². The molecule has 3 rings (SSSR count). The molecular formula is C17H21NO3. The van der Waals surface area contributed by atoms with E-state index in [1.807, 2.05) is 35.2 Å². The van der Waals surface area contributed by atoms with Crippen LogP contribution in [0.2, 0.25) is 0 Å². The maximum atomic E-state index is 12.6. The molecule has 2 bridgehead atoms. The van der Waals surface area contributed by atoms with E-state index in [2.05, 4.69) is 6.92 Å². The van der Waals surface area contributed by atoms with Gasteiger partial charge in [0.1, 0.15) is 0 Å². The molecule has 2 heterocycles. The van der Waals surface area contributed by atoms with Crippen molar-refractivity contribution in [1.29, 1.82) is 0 Å². The Morgan fingerprint density at radius 1 is 1.29 bits per heavy atom. The largest absolute Gasteiger partial charge is 0.452 e. The first kappa shape index (κ1) is 14.1. The van der Waals surface area contributed by atoms with Crippen LogP contribution in [0.1, 0.15) is 44.6 Å². The highest BCUT2D eigenvalue weighted by Gasteiger charge is 2.56. The fraction of sp³-hybridized carbons (Fsp3) is 0.529. The quantitative estimate of drug-likeness (QED) is 0.782. The first-order valence-corrected chi connectivity index (χ1v) is 7.69. The third-order valence-corrected chi connectivity index (χ3v) is 4.61. The standard InChI is InChI=1S/C17H21NO3/c1-2-3-9-17-10-14(21-15(19)11-17)16(20)18(17)12-13-7-5-4-6-8-13/h4-8,14H,2-3,9-12H2,1H3/t14-,17-/m0/s1. The van der Waals surface area contributed by atoms with Crippen LogP contribution < -0.4 is 0 Å². The molecule has 2 fully saturated rings. The van der Waals surface area contributed by atoms with Crippen molar-refractivity contribution >= 4 is 11.9 Å². The van der Waals surface area contributed by atoms with Gasteiger partial charge < -0.3 is 9.64 Å². The minimum absolute atomic E-state index is 0.0270. The highest BCUT2D eigenvalue weighted by atomic mass is 16.6. The summed E-state index contributed by atoms with van der Waals surface area (Å²) in [4.78, 5) is 26.3. The molecule has 0 N–H and O–H groups in total. The predicted molar refractivity (Wildman–Crippen MR) is 78.4 cm³/mol. The molecule has 2 aliphatic rings. The smallest absolute Gasteiger partial charge is 0.308 e. The molecule has 0 unspecified atom stereocenters. The minimum atomic E-state index is -0.563. The molecule has 0 aliphatic carbocycles. The summed E-state index contributed by atoms with van der Waals surface area (Å²) >= 11 is 0. The van der Waals surface area contributed by atoms with Gasteiger partial charge >= 0.3 is 5.97 Å². The zero-order chi connectivity index (χ0) is 14.9. The monoisotopic (exact) mass is 287 g/mol. The Morgan fingerprint density at radius 2 is 2.05 bits per heavy atom. The Balaban J connectivity index is 1.88. The molecule has 4 nitrogen and oxygen atoms in total. The molecule has 21 heavy (non-hydrogen) atoms. The van der Waals surface area contributed by atoms with Gasteiger partial charge in [0.15, 0.2) is 6.10 Å². The zero-order valence-corrected chi connectivity index (χ0v) is 12.4. The SMILES string of the molecule is CCCC[C@@]12CC(=O)O[C@@H](C1)C(=O)N2Cc1ccccc1. The van der Waals surface area contributed by atoms with Crippen LogP contribution >= 0.6 is 0 Å². The molecule has 2 aliphatic heterocycles. The Hall–Kier alpha value is -1.84. The zero-order valence-electron chi connectivity index (χ0n) is 12.4. The van der Waals surface area contributed by atoms with E-state index in [0.29, 0.717) is 19.4 Å². The second-order valence-corrected chi connectivity index (χ2v) is 6.10. The Labute approximate surface area is 125 Å². The average Bonchev–Trinajstić information content (AvgIpc) is 2.67. The Kier molecular flexibility index (Phi) is 3.70. The van der Waals surface area contributed by atoms with Crippen molar-refractivity contribution in [1.82, 2.24) is 4.90 Å². The van der Waals surface area contributed by atoms with E-state index in [9.17, 15) is 9.59 Å². The van der Waals surface area contributed by atoms with Gasteiger partial charge in [-0.1, -0.05) is 50.1 Å². The fourth-order valence-electron chi connectivity index (χ4n) is 3.52. The highest BCUT2D eigenvalue weighted by molar-refractivity contribution is 5.90. The van der Waals surface area contributed by atoms with Crippen LogP contribution in [0.15, 0.2) is 30.3 Å². The Bertz CT molecular complexity index is 542. The first-order chi connectivity index (χ1) is 10.1. The van der Waals surface area contributed by atoms with E-state index in [-0.39, 0.29) is 17.4 Å². The summed E-state index contributed by atoms with van der Waals surface area (Å²) in [6.07, 6.45) is 3.40. The molecule has 0 spiro atoms. The van der Waals surface area contributed by atoms with Gasteiger partial charge in [0, 0.05) is 13.0 Å². The van der Waals surface area contributed by atoms with Gasteiger partial charge in [-0.25, -0.2) is 0 Å². The van der Waals surface area contributed by atoms with Crippen molar-refractivity contribution in [2.45, 2.75) is 57.2 Å². The molecule has 2 saturated heterocycles.